The number of nitrogens with one attached hydrogen (secondary N) is 1. The van der Waals surface area contributed by atoms with Crippen LogP contribution in [0.1, 0.15) is 30.0 Å². The fraction of sp³-hybridized carbons (Fsp3) is 0.308. The van der Waals surface area contributed by atoms with Crippen LogP contribution in [0.2, 0.25) is 0 Å². The first-order valence-electron chi connectivity index (χ1n) is 5.62. The Morgan fingerprint density at radius 2 is 1.76 bits per heavy atom. The van der Waals surface area contributed by atoms with Crippen molar-refractivity contribution in [2.45, 2.75) is 26.8 Å². The molecule has 0 radical (unpaired) electrons. The average Bonchev–Trinajstić information content (AvgIpc) is 2.27. The van der Waals surface area contributed by atoms with Crippen molar-refractivity contribution in [2.75, 3.05) is 0 Å². The van der Waals surface area contributed by atoms with E-state index in [1.165, 1.54) is 0 Å². The molecule has 4 nitrogen and oxygen atoms in total. The van der Waals surface area contributed by atoms with Crippen LogP contribution in [0.5, 0.6) is 0 Å². The van der Waals surface area contributed by atoms with Gasteiger partial charge in [0.05, 0.1) is 16.7 Å². The van der Waals surface area contributed by atoms with Crippen molar-refractivity contribution in [2.24, 2.45) is 0 Å². The minimum Gasteiger partial charge on any atom is -0.348 e. The van der Waals surface area contributed by atoms with Crippen LogP contribution in [0.15, 0.2) is 24.3 Å². The SMILES string of the molecule is Cc1nc2ccccc2nc1C(=O)NC(C)C. The van der Waals surface area contributed by atoms with Crippen LogP contribution < -0.4 is 5.32 Å². The number of nitrogens with zero attached hydrogens (tertiary/aromatic N) is 2. The Kier molecular flexibility index (Phi) is 3.04. The van der Waals surface area contributed by atoms with Crippen molar-refractivity contribution in [3.05, 3.63) is 35.7 Å². The molecule has 88 valence electrons. The summed E-state index contributed by atoms with van der Waals surface area (Å²) in [5, 5.41) is 2.82. The number of carbonyl (C=O) groups excluding carboxylic acids is 1. The third-order valence-electron chi connectivity index (χ3n) is 2.38. The second kappa shape index (κ2) is 4.49. The van der Waals surface area contributed by atoms with Crippen LogP contribution in [0.4, 0.5) is 0 Å². The highest BCUT2D eigenvalue weighted by molar-refractivity contribution is 5.95. The third-order valence-corrected chi connectivity index (χ3v) is 2.38. The summed E-state index contributed by atoms with van der Waals surface area (Å²) in [7, 11) is 0. The van der Waals surface area contributed by atoms with Gasteiger partial charge in [0, 0.05) is 6.04 Å². The molecule has 2 aromatic rings. The summed E-state index contributed by atoms with van der Waals surface area (Å²) < 4.78 is 0. The van der Waals surface area contributed by atoms with Gasteiger partial charge >= 0.3 is 0 Å². The maximum Gasteiger partial charge on any atom is 0.271 e. The van der Waals surface area contributed by atoms with Crippen molar-refractivity contribution in [1.29, 1.82) is 0 Å². The van der Waals surface area contributed by atoms with Crippen LogP contribution in [-0.2, 0) is 0 Å². The number of aromatic nitrogens is 2. The molecule has 0 atom stereocenters. The third kappa shape index (κ3) is 2.41. The molecule has 0 aliphatic carbocycles. The van der Waals surface area contributed by atoms with E-state index in [4.69, 9.17) is 0 Å². The van der Waals surface area contributed by atoms with E-state index in [-0.39, 0.29) is 11.9 Å². The molecule has 2 rings (SSSR count). The zero-order valence-electron chi connectivity index (χ0n) is 10.2. The number of amides is 1. The van der Waals surface area contributed by atoms with Gasteiger partial charge < -0.3 is 5.32 Å². The van der Waals surface area contributed by atoms with E-state index in [0.29, 0.717) is 11.4 Å². The number of para-hydroxylation sites is 2. The van der Waals surface area contributed by atoms with Gasteiger partial charge in [-0.2, -0.15) is 0 Å². The van der Waals surface area contributed by atoms with Gasteiger partial charge in [0.2, 0.25) is 0 Å². The predicted octanol–water partition coefficient (Wildman–Crippen LogP) is 2.08. The van der Waals surface area contributed by atoms with E-state index < -0.39 is 0 Å². The van der Waals surface area contributed by atoms with Crippen molar-refractivity contribution >= 4 is 16.9 Å². The fourth-order valence-electron chi connectivity index (χ4n) is 1.63. The maximum atomic E-state index is 11.9. The Labute approximate surface area is 100 Å². The van der Waals surface area contributed by atoms with Gasteiger partial charge in [-0.3, -0.25) is 4.79 Å². The van der Waals surface area contributed by atoms with Crippen LogP contribution in [0.3, 0.4) is 0 Å². The molecule has 1 N–H and O–H groups in total. The maximum absolute atomic E-state index is 11.9. The van der Waals surface area contributed by atoms with Crippen LogP contribution >= 0.6 is 0 Å². The second-order valence-corrected chi connectivity index (χ2v) is 4.27. The molecule has 4 heteroatoms. The normalized spacial score (nSPS) is 10.8. The van der Waals surface area contributed by atoms with E-state index in [1.807, 2.05) is 38.1 Å². The Hall–Kier alpha value is -1.97. The molecule has 1 aromatic carbocycles. The lowest BCUT2D eigenvalue weighted by molar-refractivity contribution is 0.0937. The summed E-state index contributed by atoms with van der Waals surface area (Å²) in [6, 6.07) is 7.63. The standard InChI is InChI=1S/C13H15N3O/c1-8(2)14-13(17)12-9(3)15-10-6-4-5-7-11(10)16-12/h4-8H,1-3H3,(H,14,17). The molecule has 0 aliphatic rings. The molecule has 0 saturated carbocycles. The van der Waals surface area contributed by atoms with Gasteiger partial charge in [0.15, 0.2) is 0 Å². The van der Waals surface area contributed by atoms with E-state index in [1.54, 1.807) is 6.92 Å². The summed E-state index contributed by atoms with van der Waals surface area (Å²) in [5.41, 5.74) is 2.61. The topological polar surface area (TPSA) is 54.9 Å². The number of rotatable bonds is 2. The Morgan fingerprint density at radius 3 is 2.35 bits per heavy atom. The number of benzene rings is 1. The van der Waals surface area contributed by atoms with Crippen LogP contribution in [0, 0.1) is 6.92 Å². The molecule has 1 heterocycles. The Balaban J connectivity index is 2.47. The molecule has 0 saturated heterocycles. The molecule has 0 aliphatic heterocycles. The second-order valence-electron chi connectivity index (χ2n) is 4.27. The molecule has 0 spiro atoms. The van der Waals surface area contributed by atoms with E-state index >= 15 is 0 Å². The Bertz CT molecular complexity index is 564. The molecule has 0 unspecified atom stereocenters. The monoisotopic (exact) mass is 229 g/mol. The summed E-state index contributed by atoms with van der Waals surface area (Å²) in [6.07, 6.45) is 0. The van der Waals surface area contributed by atoms with Crippen molar-refractivity contribution in [1.82, 2.24) is 15.3 Å². The van der Waals surface area contributed by atoms with E-state index in [0.717, 1.165) is 11.0 Å². The summed E-state index contributed by atoms with van der Waals surface area (Å²) in [4.78, 5) is 20.6. The van der Waals surface area contributed by atoms with E-state index in [2.05, 4.69) is 15.3 Å². The van der Waals surface area contributed by atoms with Crippen molar-refractivity contribution in [3.8, 4) is 0 Å². The lowest BCUT2D eigenvalue weighted by Crippen LogP contribution is -2.31. The molecule has 1 aromatic heterocycles. The summed E-state index contributed by atoms with van der Waals surface area (Å²) >= 11 is 0. The highest BCUT2D eigenvalue weighted by atomic mass is 16.1. The molecular weight excluding hydrogens is 214 g/mol. The molecule has 17 heavy (non-hydrogen) atoms. The number of carbonyl (C=O) groups is 1. The van der Waals surface area contributed by atoms with Crippen LogP contribution in [0.25, 0.3) is 11.0 Å². The van der Waals surface area contributed by atoms with Gasteiger partial charge in [-0.25, -0.2) is 9.97 Å². The smallest absolute Gasteiger partial charge is 0.271 e. The number of hydrogen-bond donors (Lipinski definition) is 1. The first-order chi connectivity index (χ1) is 8.08. The lowest BCUT2D eigenvalue weighted by atomic mass is 10.2. The first kappa shape index (κ1) is 11.5. The Morgan fingerprint density at radius 1 is 1.18 bits per heavy atom. The average molecular weight is 229 g/mol. The number of aryl methyl sites for hydroxylation is 1. The van der Waals surface area contributed by atoms with Gasteiger partial charge in [-0.1, -0.05) is 12.1 Å². The first-order valence-corrected chi connectivity index (χ1v) is 5.62. The van der Waals surface area contributed by atoms with E-state index in [9.17, 15) is 4.79 Å². The summed E-state index contributed by atoms with van der Waals surface area (Å²) in [5.74, 6) is -0.171. The van der Waals surface area contributed by atoms with Gasteiger partial charge in [-0.15, -0.1) is 0 Å². The zero-order chi connectivity index (χ0) is 12.4. The number of hydrogen-bond acceptors (Lipinski definition) is 3. The predicted molar refractivity (Wildman–Crippen MR) is 66.9 cm³/mol. The molecule has 0 bridgehead atoms. The highest BCUT2D eigenvalue weighted by Crippen LogP contribution is 2.12. The minimum atomic E-state index is -0.171. The van der Waals surface area contributed by atoms with Crippen molar-refractivity contribution in [3.63, 3.8) is 0 Å². The van der Waals surface area contributed by atoms with Crippen LogP contribution in [-0.4, -0.2) is 21.9 Å². The quantitative estimate of drug-likeness (QED) is 0.857. The van der Waals surface area contributed by atoms with Gasteiger partial charge in [-0.05, 0) is 32.9 Å². The minimum absolute atomic E-state index is 0.0928. The van der Waals surface area contributed by atoms with Crippen molar-refractivity contribution < 1.29 is 4.79 Å². The summed E-state index contributed by atoms with van der Waals surface area (Å²) in [6.45, 7) is 5.64. The van der Waals surface area contributed by atoms with Gasteiger partial charge in [0.25, 0.3) is 5.91 Å². The largest absolute Gasteiger partial charge is 0.348 e. The fourth-order valence-corrected chi connectivity index (χ4v) is 1.63. The highest BCUT2D eigenvalue weighted by Gasteiger charge is 2.13. The zero-order valence-corrected chi connectivity index (χ0v) is 10.2. The lowest BCUT2D eigenvalue weighted by Gasteiger charge is -2.09. The number of fused-ring (bicyclic) bond motifs is 1. The molecule has 0 fully saturated rings. The molecular formula is C13H15N3O. The molecule has 1 amide bonds. The van der Waals surface area contributed by atoms with Gasteiger partial charge in [0.1, 0.15) is 5.69 Å².